The highest BCUT2D eigenvalue weighted by atomic mass is 16.5. The largest absolute Gasteiger partial charge is 0.489 e. The first-order valence-electron chi connectivity index (χ1n) is 7.48. The summed E-state index contributed by atoms with van der Waals surface area (Å²) in [5, 5.41) is 4.62. The van der Waals surface area contributed by atoms with Crippen LogP contribution < -0.4 is 10.1 Å². The number of pyridine rings is 1. The van der Waals surface area contributed by atoms with E-state index in [2.05, 4.69) is 37.1 Å². The monoisotopic (exact) mass is 272 g/mol. The van der Waals surface area contributed by atoms with Gasteiger partial charge in [-0.15, -0.1) is 0 Å². The van der Waals surface area contributed by atoms with Gasteiger partial charge in [0, 0.05) is 24.2 Å². The topological polar surface area (TPSA) is 34.1 Å². The summed E-state index contributed by atoms with van der Waals surface area (Å²) in [5.41, 5.74) is 0.977. The van der Waals surface area contributed by atoms with Crippen LogP contribution in [0.15, 0.2) is 36.5 Å². The van der Waals surface area contributed by atoms with E-state index in [9.17, 15) is 0 Å². The van der Waals surface area contributed by atoms with Crippen molar-refractivity contribution in [2.45, 2.75) is 45.8 Å². The van der Waals surface area contributed by atoms with Gasteiger partial charge in [0.25, 0.3) is 0 Å². The predicted octanol–water partition coefficient (Wildman–Crippen LogP) is 3.78. The molecule has 0 aliphatic rings. The molecule has 1 unspecified atom stereocenters. The van der Waals surface area contributed by atoms with E-state index in [1.807, 2.05) is 30.5 Å². The zero-order chi connectivity index (χ0) is 14.4. The Morgan fingerprint density at radius 2 is 1.95 bits per heavy atom. The molecule has 2 aromatic rings. The minimum atomic E-state index is 0.140. The molecule has 0 spiro atoms. The quantitative estimate of drug-likeness (QED) is 0.833. The molecule has 1 aromatic carbocycles. The van der Waals surface area contributed by atoms with Gasteiger partial charge in [-0.2, -0.15) is 0 Å². The number of rotatable bonds is 7. The molecule has 1 heterocycles. The van der Waals surface area contributed by atoms with Crippen molar-refractivity contribution in [3.05, 3.63) is 36.5 Å². The summed E-state index contributed by atoms with van der Waals surface area (Å²) in [7, 11) is 0. The first-order valence-corrected chi connectivity index (χ1v) is 7.48. The molecule has 1 atom stereocenters. The molecule has 2 rings (SSSR count). The highest BCUT2D eigenvalue weighted by molar-refractivity contribution is 5.84. The standard InChI is InChI=1S/C17H24N2O/c1-4-14(5-2)19-12-13(3)20-17-10-6-9-16-15(17)8-7-11-18-16/h6-11,13-14,19H,4-5,12H2,1-3H3. The maximum Gasteiger partial charge on any atom is 0.129 e. The fraction of sp³-hybridized carbons (Fsp3) is 0.471. The molecule has 0 amide bonds. The lowest BCUT2D eigenvalue weighted by Gasteiger charge is -2.20. The van der Waals surface area contributed by atoms with Crippen molar-refractivity contribution in [3.8, 4) is 5.75 Å². The lowest BCUT2D eigenvalue weighted by Crippen LogP contribution is -2.36. The van der Waals surface area contributed by atoms with E-state index in [1.165, 1.54) is 0 Å². The van der Waals surface area contributed by atoms with E-state index in [1.54, 1.807) is 0 Å². The number of nitrogens with one attached hydrogen (secondary N) is 1. The molecule has 0 aliphatic carbocycles. The minimum Gasteiger partial charge on any atom is -0.489 e. The lowest BCUT2D eigenvalue weighted by atomic mass is 10.1. The Bertz CT molecular complexity index is 532. The van der Waals surface area contributed by atoms with Gasteiger partial charge < -0.3 is 10.1 Å². The van der Waals surface area contributed by atoms with Crippen LogP contribution in [0.5, 0.6) is 5.75 Å². The van der Waals surface area contributed by atoms with Crippen LogP contribution in [-0.4, -0.2) is 23.7 Å². The molecule has 0 bridgehead atoms. The van der Waals surface area contributed by atoms with Crippen LogP contribution in [-0.2, 0) is 0 Å². The molecule has 0 saturated carbocycles. The van der Waals surface area contributed by atoms with E-state index in [-0.39, 0.29) is 6.10 Å². The van der Waals surface area contributed by atoms with Gasteiger partial charge in [-0.25, -0.2) is 0 Å². The number of fused-ring (bicyclic) bond motifs is 1. The highest BCUT2D eigenvalue weighted by Gasteiger charge is 2.09. The average molecular weight is 272 g/mol. The van der Waals surface area contributed by atoms with Crippen LogP contribution in [0.1, 0.15) is 33.6 Å². The summed E-state index contributed by atoms with van der Waals surface area (Å²) in [6.45, 7) is 7.39. The van der Waals surface area contributed by atoms with Crippen molar-refractivity contribution in [1.29, 1.82) is 0 Å². The van der Waals surface area contributed by atoms with E-state index < -0.39 is 0 Å². The number of nitrogens with zero attached hydrogens (tertiary/aromatic N) is 1. The summed E-state index contributed by atoms with van der Waals surface area (Å²) in [6.07, 6.45) is 4.26. The highest BCUT2D eigenvalue weighted by Crippen LogP contribution is 2.24. The zero-order valence-corrected chi connectivity index (χ0v) is 12.6. The van der Waals surface area contributed by atoms with Crippen molar-refractivity contribution in [2.24, 2.45) is 0 Å². The molecule has 0 aliphatic heterocycles. The fourth-order valence-corrected chi connectivity index (χ4v) is 2.35. The molecule has 0 saturated heterocycles. The summed E-state index contributed by atoms with van der Waals surface area (Å²) >= 11 is 0. The smallest absolute Gasteiger partial charge is 0.129 e. The third-order valence-corrected chi connectivity index (χ3v) is 3.61. The van der Waals surface area contributed by atoms with Gasteiger partial charge in [0.05, 0.1) is 5.52 Å². The number of hydrogen-bond acceptors (Lipinski definition) is 3. The second-order valence-corrected chi connectivity index (χ2v) is 5.18. The van der Waals surface area contributed by atoms with Crippen molar-refractivity contribution >= 4 is 10.9 Å². The molecule has 3 heteroatoms. The number of ether oxygens (including phenoxy) is 1. The SMILES string of the molecule is CCC(CC)NCC(C)Oc1cccc2ncccc12. The molecular weight excluding hydrogens is 248 g/mol. The molecule has 1 N–H and O–H groups in total. The third-order valence-electron chi connectivity index (χ3n) is 3.61. The van der Waals surface area contributed by atoms with Gasteiger partial charge in [-0.05, 0) is 44.0 Å². The van der Waals surface area contributed by atoms with Crippen molar-refractivity contribution in [3.63, 3.8) is 0 Å². The minimum absolute atomic E-state index is 0.140. The molecule has 3 nitrogen and oxygen atoms in total. The lowest BCUT2D eigenvalue weighted by molar-refractivity contribution is 0.212. The van der Waals surface area contributed by atoms with Crippen LogP contribution in [0, 0.1) is 0 Å². The first-order chi connectivity index (χ1) is 9.74. The van der Waals surface area contributed by atoms with E-state index in [4.69, 9.17) is 4.74 Å². The Balaban J connectivity index is 2.01. The van der Waals surface area contributed by atoms with Gasteiger partial charge in [0.1, 0.15) is 11.9 Å². The van der Waals surface area contributed by atoms with E-state index >= 15 is 0 Å². The number of hydrogen-bond donors (Lipinski definition) is 1. The molecule has 108 valence electrons. The Morgan fingerprint density at radius 1 is 1.15 bits per heavy atom. The van der Waals surface area contributed by atoms with Gasteiger partial charge in [-0.1, -0.05) is 19.9 Å². The van der Waals surface area contributed by atoms with Crippen molar-refractivity contribution < 1.29 is 4.74 Å². The average Bonchev–Trinajstić information content (AvgIpc) is 2.49. The van der Waals surface area contributed by atoms with Crippen LogP contribution in [0.3, 0.4) is 0 Å². The van der Waals surface area contributed by atoms with Gasteiger partial charge in [0.15, 0.2) is 0 Å². The van der Waals surface area contributed by atoms with Crippen molar-refractivity contribution in [1.82, 2.24) is 10.3 Å². The van der Waals surface area contributed by atoms with Crippen molar-refractivity contribution in [2.75, 3.05) is 6.54 Å². The summed E-state index contributed by atoms with van der Waals surface area (Å²) in [6, 6.07) is 10.6. The molecule has 20 heavy (non-hydrogen) atoms. The molecule has 0 radical (unpaired) electrons. The summed E-state index contributed by atoms with van der Waals surface area (Å²) in [5.74, 6) is 0.912. The predicted molar refractivity (Wildman–Crippen MR) is 84.2 cm³/mol. The van der Waals surface area contributed by atoms with Crippen LogP contribution >= 0.6 is 0 Å². The first kappa shape index (κ1) is 14.8. The van der Waals surface area contributed by atoms with Crippen LogP contribution in [0.4, 0.5) is 0 Å². The molecule has 0 fully saturated rings. The van der Waals surface area contributed by atoms with Gasteiger partial charge >= 0.3 is 0 Å². The second kappa shape index (κ2) is 7.25. The van der Waals surface area contributed by atoms with E-state index in [0.717, 1.165) is 36.0 Å². The Hall–Kier alpha value is -1.61. The number of benzene rings is 1. The normalized spacial score (nSPS) is 12.8. The Labute approximate surface area is 121 Å². The van der Waals surface area contributed by atoms with Crippen LogP contribution in [0.2, 0.25) is 0 Å². The second-order valence-electron chi connectivity index (χ2n) is 5.18. The maximum absolute atomic E-state index is 6.06. The fourth-order valence-electron chi connectivity index (χ4n) is 2.35. The Morgan fingerprint density at radius 3 is 2.70 bits per heavy atom. The van der Waals surface area contributed by atoms with Gasteiger partial charge in [-0.3, -0.25) is 4.98 Å². The molecule has 1 aromatic heterocycles. The van der Waals surface area contributed by atoms with Gasteiger partial charge in [0.2, 0.25) is 0 Å². The zero-order valence-electron chi connectivity index (χ0n) is 12.6. The summed E-state index contributed by atoms with van der Waals surface area (Å²) in [4.78, 5) is 4.35. The third kappa shape index (κ3) is 3.70. The Kier molecular flexibility index (Phi) is 5.36. The van der Waals surface area contributed by atoms with Crippen LogP contribution in [0.25, 0.3) is 10.9 Å². The molecular formula is C17H24N2O. The summed E-state index contributed by atoms with van der Waals surface area (Å²) < 4.78 is 6.06. The number of aromatic nitrogens is 1. The van der Waals surface area contributed by atoms with E-state index in [0.29, 0.717) is 6.04 Å². The maximum atomic E-state index is 6.06.